The van der Waals surface area contributed by atoms with E-state index in [0.717, 1.165) is 21.9 Å². The van der Waals surface area contributed by atoms with Crippen LogP contribution < -0.4 is 15.4 Å². The molecule has 2 aromatic rings. The smallest absolute Gasteiger partial charge is 0.230 e. The van der Waals surface area contributed by atoms with Gasteiger partial charge in [0.25, 0.3) is 0 Å². The van der Waals surface area contributed by atoms with Gasteiger partial charge in [0, 0.05) is 22.9 Å². The molecule has 2 rings (SSSR count). The maximum absolute atomic E-state index is 12.0. The SMILES string of the molecule is CNCC(C)C(=O)Nc1nc(-c2ccc(OC)cc2)c(C)s1.Cl. The lowest BCUT2D eigenvalue weighted by atomic mass is 10.1. The number of aromatic nitrogens is 1. The third-order valence-corrected chi connectivity index (χ3v) is 4.23. The molecule has 0 aliphatic rings. The zero-order valence-corrected chi connectivity index (χ0v) is 15.3. The second-order valence-electron chi connectivity index (χ2n) is 5.10. The normalized spacial score (nSPS) is 11.5. The van der Waals surface area contributed by atoms with Gasteiger partial charge in [-0.1, -0.05) is 6.92 Å². The molecule has 0 bridgehead atoms. The van der Waals surface area contributed by atoms with Crippen molar-refractivity contribution in [3.8, 4) is 17.0 Å². The number of thiazole rings is 1. The highest BCUT2D eigenvalue weighted by atomic mass is 35.5. The van der Waals surface area contributed by atoms with Gasteiger partial charge in [-0.15, -0.1) is 23.7 Å². The van der Waals surface area contributed by atoms with Gasteiger partial charge in [0.2, 0.25) is 5.91 Å². The lowest BCUT2D eigenvalue weighted by Gasteiger charge is -2.09. The number of ether oxygens (including phenoxy) is 1. The molecular formula is C16H22ClN3O2S. The van der Waals surface area contributed by atoms with Crippen LogP contribution in [0.25, 0.3) is 11.3 Å². The molecule has 5 nitrogen and oxygen atoms in total. The van der Waals surface area contributed by atoms with Crippen molar-refractivity contribution < 1.29 is 9.53 Å². The molecule has 2 N–H and O–H groups in total. The Hall–Kier alpha value is -1.63. The highest BCUT2D eigenvalue weighted by Gasteiger charge is 2.16. The van der Waals surface area contributed by atoms with Gasteiger partial charge in [-0.25, -0.2) is 4.98 Å². The van der Waals surface area contributed by atoms with Crippen molar-refractivity contribution in [3.63, 3.8) is 0 Å². The molecule has 0 radical (unpaired) electrons. The summed E-state index contributed by atoms with van der Waals surface area (Å²) in [5.41, 5.74) is 1.91. The summed E-state index contributed by atoms with van der Waals surface area (Å²) >= 11 is 1.49. The number of hydrogen-bond donors (Lipinski definition) is 2. The molecule has 7 heteroatoms. The summed E-state index contributed by atoms with van der Waals surface area (Å²) in [6.07, 6.45) is 0. The predicted octanol–water partition coefficient (Wildman–Crippen LogP) is 3.34. The van der Waals surface area contributed by atoms with E-state index in [4.69, 9.17) is 4.74 Å². The number of carbonyl (C=O) groups excluding carboxylic acids is 1. The fourth-order valence-electron chi connectivity index (χ4n) is 2.09. The van der Waals surface area contributed by atoms with E-state index in [1.54, 1.807) is 7.11 Å². The fourth-order valence-corrected chi connectivity index (χ4v) is 2.93. The number of halogens is 1. The van der Waals surface area contributed by atoms with Gasteiger partial charge in [-0.3, -0.25) is 4.79 Å². The van der Waals surface area contributed by atoms with Gasteiger partial charge >= 0.3 is 0 Å². The van der Waals surface area contributed by atoms with Crippen LogP contribution in [0.1, 0.15) is 11.8 Å². The highest BCUT2D eigenvalue weighted by Crippen LogP contribution is 2.31. The van der Waals surface area contributed by atoms with Crippen molar-refractivity contribution >= 4 is 34.8 Å². The van der Waals surface area contributed by atoms with Crippen molar-refractivity contribution in [3.05, 3.63) is 29.1 Å². The van der Waals surface area contributed by atoms with Gasteiger partial charge in [-0.05, 0) is 38.2 Å². The van der Waals surface area contributed by atoms with Crippen LogP contribution in [0.15, 0.2) is 24.3 Å². The topological polar surface area (TPSA) is 63.2 Å². The van der Waals surface area contributed by atoms with Crippen LogP contribution in [0.3, 0.4) is 0 Å². The number of nitrogens with zero attached hydrogens (tertiary/aromatic N) is 1. The van der Waals surface area contributed by atoms with Gasteiger partial charge in [0.1, 0.15) is 5.75 Å². The second-order valence-corrected chi connectivity index (χ2v) is 6.30. The van der Waals surface area contributed by atoms with Crippen LogP contribution in [0, 0.1) is 12.8 Å². The maximum Gasteiger partial charge on any atom is 0.230 e. The third-order valence-electron chi connectivity index (χ3n) is 3.35. The molecule has 0 fully saturated rings. The zero-order chi connectivity index (χ0) is 16.1. The van der Waals surface area contributed by atoms with Crippen LogP contribution >= 0.6 is 23.7 Å². The van der Waals surface area contributed by atoms with Crippen molar-refractivity contribution in [1.29, 1.82) is 0 Å². The number of benzene rings is 1. The molecule has 1 atom stereocenters. The maximum atomic E-state index is 12.0. The van der Waals surface area contributed by atoms with Crippen LogP contribution in [0.2, 0.25) is 0 Å². The van der Waals surface area contributed by atoms with Gasteiger partial charge in [0.05, 0.1) is 12.8 Å². The number of anilines is 1. The largest absolute Gasteiger partial charge is 0.497 e. The summed E-state index contributed by atoms with van der Waals surface area (Å²) in [7, 11) is 3.47. The third kappa shape index (κ3) is 4.92. The molecule has 0 aliphatic heterocycles. The van der Waals surface area contributed by atoms with E-state index in [2.05, 4.69) is 15.6 Å². The van der Waals surface area contributed by atoms with Crippen LogP contribution in [-0.2, 0) is 4.79 Å². The second kappa shape index (κ2) is 8.86. The molecule has 126 valence electrons. The molecule has 1 amide bonds. The molecule has 23 heavy (non-hydrogen) atoms. The first-order valence-electron chi connectivity index (χ1n) is 7.12. The quantitative estimate of drug-likeness (QED) is 0.834. The molecule has 0 saturated carbocycles. The Labute approximate surface area is 146 Å². The lowest BCUT2D eigenvalue weighted by Crippen LogP contribution is -2.28. The van der Waals surface area contributed by atoms with Crippen molar-refractivity contribution in [2.24, 2.45) is 5.92 Å². The van der Waals surface area contributed by atoms with Crippen LogP contribution in [-0.4, -0.2) is 31.6 Å². The first-order valence-corrected chi connectivity index (χ1v) is 7.94. The molecule has 0 aliphatic carbocycles. The predicted molar refractivity (Wildman–Crippen MR) is 97.8 cm³/mol. The number of nitrogens with one attached hydrogen (secondary N) is 2. The molecule has 1 aromatic heterocycles. The minimum atomic E-state index is -0.0985. The Morgan fingerprint density at radius 3 is 2.57 bits per heavy atom. The zero-order valence-electron chi connectivity index (χ0n) is 13.7. The van der Waals surface area contributed by atoms with Gasteiger partial charge in [-0.2, -0.15) is 0 Å². The summed E-state index contributed by atoms with van der Waals surface area (Å²) in [5.74, 6) is 0.689. The first kappa shape index (κ1) is 19.4. The molecule has 1 heterocycles. The fraction of sp³-hybridized carbons (Fsp3) is 0.375. The Morgan fingerprint density at radius 2 is 2.00 bits per heavy atom. The summed E-state index contributed by atoms with van der Waals surface area (Å²) in [5, 5.41) is 6.52. The van der Waals surface area contributed by atoms with E-state index < -0.39 is 0 Å². The Kier molecular flexibility index (Phi) is 7.48. The summed E-state index contributed by atoms with van der Waals surface area (Å²) in [6, 6.07) is 7.75. The molecular weight excluding hydrogens is 334 g/mol. The number of amides is 1. The average molecular weight is 356 g/mol. The summed E-state index contributed by atoms with van der Waals surface area (Å²) < 4.78 is 5.16. The Bertz CT molecular complexity index is 643. The minimum Gasteiger partial charge on any atom is -0.497 e. The molecule has 1 aromatic carbocycles. The summed E-state index contributed by atoms with van der Waals surface area (Å²) in [6.45, 7) is 4.53. The van der Waals surface area contributed by atoms with Crippen LogP contribution in [0.5, 0.6) is 5.75 Å². The monoisotopic (exact) mass is 355 g/mol. The highest BCUT2D eigenvalue weighted by molar-refractivity contribution is 7.16. The van der Waals surface area contributed by atoms with Crippen LogP contribution in [0.4, 0.5) is 5.13 Å². The minimum absolute atomic E-state index is 0. The number of rotatable bonds is 6. The van der Waals surface area contributed by atoms with E-state index in [1.807, 2.05) is 45.2 Å². The van der Waals surface area contributed by atoms with E-state index in [1.165, 1.54) is 11.3 Å². The Balaban J connectivity index is 0.00000264. The Morgan fingerprint density at radius 1 is 1.35 bits per heavy atom. The van der Waals surface area contributed by atoms with Crippen molar-refractivity contribution in [2.75, 3.05) is 26.0 Å². The van der Waals surface area contributed by atoms with Gasteiger partial charge in [0.15, 0.2) is 5.13 Å². The number of carbonyl (C=O) groups is 1. The van der Waals surface area contributed by atoms with Crippen molar-refractivity contribution in [2.45, 2.75) is 13.8 Å². The first-order chi connectivity index (χ1) is 10.5. The standard InChI is InChI=1S/C16H21N3O2S.ClH/c1-10(9-17-3)15(20)19-16-18-14(11(2)22-16)12-5-7-13(21-4)8-6-12;/h5-8,10,17H,9H2,1-4H3,(H,18,19,20);1H. The molecule has 1 unspecified atom stereocenters. The average Bonchev–Trinajstić information content (AvgIpc) is 2.88. The van der Waals surface area contributed by atoms with Gasteiger partial charge < -0.3 is 15.4 Å². The van der Waals surface area contributed by atoms with Crippen molar-refractivity contribution in [1.82, 2.24) is 10.3 Å². The summed E-state index contributed by atoms with van der Waals surface area (Å²) in [4.78, 5) is 17.7. The van der Waals surface area contributed by atoms with E-state index in [9.17, 15) is 4.79 Å². The molecule has 0 saturated heterocycles. The molecule has 0 spiro atoms. The van der Waals surface area contributed by atoms with E-state index in [0.29, 0.717) is 11.7 Å². The van der Waals surface area contributed by atoms with E-state index in [-0.39, 0.29) is 24.2 Å². The lowest BCUT2D eigenvalue weighted by molar-refractivity contribution is -0.119. The number of hydrogen-bond acceptors (Lipinski definition) is 5. The number of aryl methyl sites for hydroxylation is 1. The van der Waals surface area contributed by atoms with E-state index >= 15 is 0 Å². The number of methoxy groups -OCH3 is 1.